The minimum atomic E-state index is -1.01. The fourth-order valence-electron chi connectivity index (χ4n) is 2.30. The molecule has 9 nitrogen and oxygen atoms in total. The van der Waals surface area contributed by atoms with Crippen LogP contribution in [0.2, 0.25) is 0 Å². The Morgan fingerprint density at radius 2 is 1.96 bits per heavy atom. The van der Waals surface area contributed by atoms with Crippen LogP contribution in [0.1, 0.15) is 38.8 Å². The first-order valence-corrected chi connectivity index (χ1v) is 8.79. The number of carbonyl (C=O) groups is 2. The average Bonchev–Trinajstić information content (AvgIpc) is 3.14. The standard InChI is InChI=1S/C19H22N4O5/c1-4-13(2)22-17(11-12-20-22)21-19(25)14(3)28-18(24)10-7-15-5-8-16(9-6-15)23(26)27/h5-14H,4H2,1-3H3,(H,21,25)/b10-7+/t13-,14+/m0/s1. The molecule has 1 heterocycles. The number of ether oxygens (including phenoxy) is 1. The van der Waals surface area contributed by atoms with Crippen molar-refractivity contribution in [2.24, 2.45) is 0 Å². The second kappa shape index (κ2) is 9.45. The number of non-ortho nitro benzene ring substituents is 1. The predicted molar refractivity (Wildman–Crippen MR) is 104 cm³/mol. The van der Waals surface area contributed by atoms with Gasteiger partial charge in [-0.05, 0) is 44.0 Å². The summed E-state index contributed by atoms with van der Waals surface area (Å²) in [6.45, 7) is 5.46. The Labute approximate surface area is 162 Å². The summed E-state index contributed by atoms with van der Waals surface area (Å²) < 4.78 is 6.79. The van der Waals surface area contributed by atoms with Crippen molar-refractivity contribution in [3.63, 3.8) is 0 Å². The number of esters is 1. The van der Waals surface area contributed by atoms with Gasteiger partial charge in [0, 0.05) is 24.3 Å². The first-order chi connectivity index (χ1) is 13.3. The maximum atomic E-state index is 12.3. The number of hydrogen-bond acceptors (Lipinski definition) is 6. The highest BCUT2D eigenvalue weighted by Crippen LogP contribution is 2.17. The van der Waals surface area contributed by atoms with Crippen LogP contribution in [-0.2, 0) is 14.3 Å². The van der Waals surface area contributed by atoms with E-state index < -0.39 is 22.9 Å². The third-order valence-corrected chi connectivity index (χ3v) is 4.11. The molecule has 1 N–H and O–H groups in total. The largest absolute Gasteiger partial charge is 0.449 e. The van der Waals surface area contributed by atoms with Gasteiger partial charge in [-0.1, -0.05) is 6.92 Å². The summed E-state index contributed by atoms with van der Waals surface area (Å²) >= 11 is 0. The zero-order valence-electron chi connectivity index (χ0n) is 15.9. The molecule has 0 spiro atoms. The van der Waals surface area contributed by atoms with Crippen LogP contribution in [0.25, 0.3) is 6.08 Å². The van der Waals surface area contributed by atoms with E-state index in [-0.39, 0.29) is 11.7 Å². The third kappa shape index (κ3) is 5.50. The molecule has 0 bridgehead atoms. The van der Waals surface area contributed by atoms with Gasteiger partial charge < -0.3 is 10.1 Å². The van der Waals surface area contributed by atoms with Gasteiger partial charge in [0.25, 0.3) is 11.6 Å². The van der Waals surface area contributed by atoms with Crippen LogP contribution in [0.15, 0.2) is 42.6 Å². The highest BCUT2D eigenvalue weighted by atomic mass is 16.6. The van der Waals surface area contributed by atoms with Crippen molar-refractivity contribution in [1.82, 2.24) is 9.78 Å². The summed E-state index contributed by atoms with van der Waals surface area (Å²) in [7, 11) is 0. The van der Waals surface area contributed by atoms with Crippen LogP contribution in [0, 0.1) is 10.1 Å². The lowest BCUT2D eigenvalue weighted by Crippen LogP contribution is -2.30. The maximum Gasteiger partial charge on any atom is 0.331 e. The lowest BCUT2D eigenvalue weighted by molar-refractivity contribution is -0.384. The predicted octanol–water partition coefficient (Wildman–Crippen LogP) is 3.35. The van der Waals surface area contributed by atoms with Crippen molar-refractivity contribution in [2.75, 3.05) is 5.32 Å². The zero-order chi connectivity index (χ0) is 20.7. The number of aromatic nitrogens is 2. The van der Waals surface area contributed by atoms with Crippen LogP contribution in [-0.4, -0.2) is 32.7 Å². The molecule has 9 heteroatoms. The van der Waals surface area contributed by atoms with Crippen molar-refractivity contribution in [1.29, 1.82) is 0 Å². The van der Waals surface area contributed by atoms with E-state index in [2.05, 4.69) is 10.4 Å². The van der Waals surface area contributed by atoms with Crippen molar-refractivity contribution < 1.29 is 19.2 Å². The number of nitrogens with zero attached hydrogens (tertiary/aromatic N) is 3. The Kier molecular flexibility index (Phi) is 7.02. The van der Waals surface area contributed by atoms with E-state index in [0.717, 1.165) is 12.5 Å². The van der Waals surface area contributed by atoms with E-state index in [9.17, 15) is 19.7 Å². The molecule has 2 atom stereocenters. The van der Waals surface area contributed by atoms with Gasteiger partial charge >= 0.3 is 5.97 Å². The normalized spacial score (nSPS) is 13.1. The average molecular weight is 386 g/mol. The van der Waals surface area contributed by atoms with Crippen LogP contribution in [0.4, 0.5) is 11.5 Å². The Balaban J connectivity index is 1.91. The summed E-state index contributed by atoms with van der Waals surface area (Å²) in [6.07, 6.45) is 4.05. The van der Waals surface area contributed by atoms with Crippen molar-refractivity contribution in [3.05, 3.63) is 58.3 Å². The minimum Gasteiger partial charge on any atom is -0.449 e. The van der Waals surface area contributed by atoms with Gasteiger partial charge in [-0.2, -0.15) is 5.10 Å². The van der Waals surface area contributed by atoms with Gasteiger partial charge in [-0.25, -0.2) is 9.48 Å². The molecule has 0 aliphatic rings. The van der Waals surface area contributed by atoms with E-state index in [1.165, 1.54) is 37.3 Å². The topological polar surface area (TPSA) is 116 Å². The quantitative estimate of drug-likeness (QED) is 0.322. The number of hydrogen-bond donors (Lipinski definition) is 1. The van der Waals surface area contributed by atoms with Crippen LogP contribution in [0.5, 0.6) is 0 Å². The van der Waals surface area contributed by atoms with Gasteiger partial charge in [0.05, 0.1) is 17.2 Å². The second-order valence-electron chi connectivity index (χ2n) is 6.17. The molecule has 1 aromatic heterocycles. The van der Waals surface area contributed by atoms with Gasteiger partial charge in [0.1, 0.15) is 5.82 Å². The van der Waals surface area contributed by atoms with Gasteiger partial charge in [-0.3, -0.25) is 14.9 Å². The fraction of sp³-hybridized carbons (Fsp3) is 0.316. The molecule has 148 valence electrons. The molecular formula is C19H22N4O5. The van der Waals surface area contributed by atoms with E-state index >= 15 is 0 Å². The lowest BCUT2D eigenvalue weighted by atomic mass is 10.2. The maximum absolute atomic E-state index is 12.3. The van der Waals surface area contributed by atoms with Crippen LogP contribution < -0.4 is 5.32 Å². The second-order valence-corrected chi connectivity index (χ2v) is 6.17. The van der Waals surface area contributed by atoms with Gasteiger partial charge in [-0.15, -0.1) is 0 Å². The van der Waals surface area contributed by atoms with E-state index in [1.807, 2.05) is 13.8 Å². The SMILES string of the molecule is CC[C@H](C)n1nccc1NC(=O)[C@@H](C)OC(=O)/C=C/c1ccc([N+](=O)[O-])cc1. The Bertz CT molecular complexity index is 873. The lowest BCUT2D eigenvalue weighted by Gasteiger charge is -2.16. The zero-order valence-corrected chi connectivity index (χ0v) is 15.9. The molecule has 0 fully saturated rings. The molecular weight excluding hydrogens is 364 g/mol. The molecule has 0 saturated carbocycles. The molecule has 0 aliphatic carbocycles. The van der Waals surface area contributed by atoms with Crippen molar-refractivity contribution in [3.8, 4) is 0 Å². The molecule has 2 rings (SSSR count). The first kappa shape index (κ1) is 20.8. The number of nitro groups is 1. The minimum absolute atomic E-state index is 0.0401. The monoisotopic (exact) mass is 386 g/mol. The van der Waals surface area contributed by atoms with Gasteiger partial charge in [0.15, 0.2) is 6.10 Å². The molecule has 1 amide bonds. The molecule has 28 heavy (non-hydrogen) atoms. The molecule has 0 aliphatic heterocycles. The summed E-state index contributed by atoms with van der Waals surface area (Å²) in [6, 6.07) is 7.48. The summed E-state index contributed by atoms with van der Waals surface area (Å²) in [5, 5.41) is 17.5. The molecule has 2 aromatic rings. The Morgan fingerprint density at radius 3 is 2.57 bits per heavy atom. The first-order valence-electron chi connectivity index (χ1n) is 8.79. The molecule has 0 saturated heterocycles. The van der Waals surface area contributed by atoms with Crippen LogP contribution >= 0.6 is 0 Å². The summed E-state index contributed by atoms with van der Waals surface area (Å²) in [4.78, 5) is 34.3. The van der Waals surface area contributed by atoms with Crippen LogP contribution in [0.3, 0.4) is 0 Å². The number of nitro benzene ring substituents is 1. The fourth-order valence-corrected chi connectivity index (χ4v) is 2.30. The number of nitrogens with one attached hydrogen (secondary N) is 1. The third-order valence-electron chi connectivity index (χ3n) is 4.11. The van der Waals surface area contributed by atoms with E-state index in [1.54, 1.807) is 16.9 Å². The number of amides is 1. The number of rotatable bonds is 8. The van der Waals surface area contributed by atoms with Gasteiger partial charge in [0.2, 0.25) is 0 Å². The highest BCUT2D eigenvalue weighted by Gasteiger charge is 2.19. The number of carbonyl (C=O) groups excluding carboxylic acids is 2. The molecule has 1 aromatic carbocycles. The molecule has 0 unspecified atom stereocenters. The Hall–Kier alpha value is -3.49. The van der Waals surface area contributed by atoms with Crippen molar-refractivity contribution >= 4 is 29.5 Å². The summed E-state index contributed by atoms with van der Waals surface area (Å²) in [5.41, 5.74) is 0.554. The van der Waals surface area contributed by atoms with Crippen molar-refractivity contribution in [2.45, 2.75) is 39.3 Å². The molecule has 0 radical (unpaired) electrons. The Morgan fingerprint density at radius 1 is 1.29 bits per heavy atom. The van der Waals surface area contributed by atoms with E-state index in [4.69, 9.17) is 4.74 Å². The number of anilines is 1. The van der Waals surface area contributed by atoms with E-state index in [0.29, 0.717) is 11.4 Å². The smallest absolute Gasteiger partial charge is 0.331 e. The number of benzene rings is 1. The highest BCUT2D eigenvalue weighted by molar-refractivity contribution is 5.96. The summed E-state index contributed by atoms with van der Waals surface area (Å²) in [5.74, 6) is -0.637.